The van der Waals surface area contributed by atoms with Crippen molar-refractivity contribution in [2.75, 3.05) is 5.32 Å². The van der Waals surface area contributed by atoms with Gasteiger partial charge in [0.15, 0.2) is 11.5 Å². The van der Waals surface area contributed by atoms with Crippen LogP contribution in [0.25, 0.3) is 17.0 Å². The van der Waals surface area contributed by atoms with Gasteiger partial charge in [0.1, 0.15) is 23.3 Å². The maximum Gasteiger partial charge on any atom is 0.168 e. The molecule has 0 saturated heterocycles. The van der Waals surface area contributed by atoms with Crippen molar-refractivity contribution in [2.45, 2.75) is 6.54 Å². The van der Waals surface area contributed by atoms with Gasteiger partial charge in [0.25, 0.3) is 0 Å². The first-order valence-corrected chi connectivity index (χ1v) is 7.69. The maximum absolute atomic E-state index is 14.4. The number of rotatable bonds is 4. The Morgan fingerprint density at radius 2 is 2.12 bits per heavy atom. The van der Waals surface area contributed by atoms with E-state index in [1.54, 1.807) is 41.1 Å². The van der Waals surface area contributed by atoms with Crippen LogP contribution in [-0.2, 0) is 6.54 Å². The molecule has 0 saturated carbocycles. The molecule has 0 bridgehead atoms. The fourth-order valence-electron chi connectivity index (χ4n) is 2.69. The van der Waals surface area contributed by atoms with Gasteiger partial charge in [-0.1, -0.05) is 18.2 Å². The summed E-state index contributed by atoms with van der Waals surface area (Å²) in [6.45, 7) is 0.225. The molecule has 0 aliphatic heterocycles. The second-order valence-electron chi connectivity index (χ2n) is 5.49. The quantitative estimate of drug-likeness (QED) is 0.608. The number of nitrogens with zero attached hydrogens (tertiary/aromatic N) is 3. The van der Waals surface area contributed by atoms with Gasteiger partial charge < -0.3 is 9.73 Å². The van der Waals surface area contributed by atoms with Crippen LogP contribution in [0.1, 0.15) is 11.3 Å². The molecule has 0 aliphatic rings. The molecule has 25 heavy (non-hydrogen) atoms. The highest BCUT2D eigenvalue weighted by atomic mass is 19.1. The maximum atomic E-state index is 14.4. The summed E-state index contributed by atoms with van der Waals surface area (Å²) >= 11 is 0. The molecule has 1 aromatic carbocycles. The van der Waals surface area contributed by atoms with Crippen LogP contribution in [0.5, 0.6) is 0 Å². The highest BCUT2D eigenvalue weighted by molar-refractivity contribution is 5.60. The molecular weight excluding hydrogens is 319 g/mol. The molecule has 0 atom stereocenters. The SMILES string of the molecule is N#Cc1c(NCc2ccc(-c3ccco3)cc2F)nc2ccccn12. The molecule has 0 unspecified atom stereocenters. The molecule has 4 aromatic rings. The van der Waals surface area contributed by atoms with Gasteiger partial charge in [-0.15, -0.1) is 0 Å². The number of aromatic nitrogens is 2. The summed E-state index contributed by atoms with van der Waals surface area (Å²) < 4.78 is 21.3. The van der Waals surface area contributed by atoms with Gasteiger partial charge in [-0.25, -0.2) is 9.37 Å². The number of halogens is 1. The molecule has 0 spiro atoms. The summed E-state index contributed by atoms with van der Waals surface area (Å²) in [5.74, 6) is 0.706. The van der Waals surface area contributed by atoms with Crippen molar-refractivity contribution in [3.63, 3.8) is 0 Å². The normalized spacial score (nSPS) is 10.7. The van der Waals surface area contributed by atoms with E-state index in [1.165, 1.54) is 6.07 Å². The molecule has 5 nitrogen and oxygen atoms in total. The van der Waals surface area contributed by atoms with Crippen LogP contribution in [-0.4, -0.2) is 9.38 Å². The molecule has 0 aliphatic carbocycles. The van der Waals surface area contributed by atoms with Crippen LogP contribution in [0.2, 0.25) is 0 Å². The zero-order valence-electron chi connectivity index (χ0n) is 13.1. The molecule has 4 rings (SSSR count). The van der Waals surface area contributed by atoms with Gasteiger partial charge in [0.2, 0.25) is 0 Å². The lowest BCUT2D eigenvalue weighted by Gasteiger charge is -2.07. The van der Waals surface area contributed by atoms with Crippen molar-refractivity contribution in [2.24, 2.45) is 0 Å². The highest BCUT2D eigenvalue weighted by Gasteiger charge is 2.12. The number of pyridine rings is 1. The fourth-order valence-corrected chi connectivity index (χ4v) is 2.69. The van der Waals surface area contributed by atoms with Crippen LogP contribution >= 0.6 is 0 Å². The van der Waals surface area contributed by atoms with E-state index in [0.29, 0.717) is 34.0 Å². The van der Waals surface area contributed by atoms with Gasteiger partial charge >= 0.3 is 0 Å². The standard InChI is InChI=1S/C19H13FN4O/c20-15-10-13(17-4-3-9-25-17)6-7-14(15)12-22-19-16(11-21)24-8-2-1-5-18(24)23-19/h1-10,22H,12H2. The summed E-state index contributed by atoms with van der Waals surface area (Å²) in [6.07, 6.45) is 3.32. The molecule has 1 N–H and O–H groups in total. The molecule has 3 heterocycles. The smallest absolute Gasteiger partial charge is 0.168 e. The predicted molar refractivity (Wildman–Crippen MR) is 91.3 cm³/mol. The monoisotopic (exact) mass is 332 g/mol. The zero-order chi connectivity index (χ0) is 17.2. The van der Waals surface area contributed by atoms with E-state index in [0.717, 1.165) is 0 Å². The van der Waals surface area contributed by atoms with Gasteiger partial charge in [-0.2, -0.15) is 5.26 Å². The average molecular weight is 332 g/mol. The number of nitriles is 1. The van der Waals surface area contributed by atoms with Crippen molar-refractivity contribution in [1.82, 2.24) is 9.38 Å². The Balaban J connectivity index is 1.59. The first-order valence-electron chi connectivity index (χ1n) is 7.69. The second kappa shape index (κ2) is 6.13. The van der Waals surface area contributed by atoms with Gasteiger partial charge in [0, 0.05) is 23.9 Å². The molecule has 0 fully saturated rings. The minimum absolute atomic E-state index is 0.225. The van der Waals surface area contributed by atoms with E-state index in [4.69, 9.17) is 4.42 Å². The third-order valence-corrected chi connectivity index (χ3v) is 3.94. The topological polar surface area (TPSA) is 66.3 Å². The minimum Gasteiger partial charge on any atom is -0.464 e. The Labute approximate surface area is 143 Å². The Bertz CT molecular complexity index is 1080. The number of fused-ring (bicyclic) bond motifs is 1. The number of imidazole rings is 1. The number of hydrogen-bond donors (Lipinski definition) is 1. The Hall–Kier alpha value is -3.59. The first kappa shape index (κ1) is 15.0. The van der Waals surface area contributed by atoms with Crippen molar-refractivity contribution >= 4 is 11.5 Å². The zero-order valence-corrected chi connectivity index (χ0v) is 13.1. The lowest BCUT2D eigenvalue weighted by atomic mass is 10.1. The van der Waals surface area contributed by atoms with E-state index in [2.05, 4.69) is 16.4 Å². The van der Waals surface area contributed by atoms with Crippen LogP contribution in [0.15, 0.2) is 65.4 Å². The molecule has 3 aromatic heterocycles. The molecule has 6 heteroatoms. The van der Waals surface area contributed by atoms with Crippen molar-refractivity contribution in [3.8, 4) is 17.4 Å². The third kappa shape index (κ3) is 2.72. The fraction of sp³-hybridized carbons (Fsp3) is 0.0526. The summed E-state index contributed by atoms with van der Waals surface area (Å²) in [5.41, 5.74) is 2.21. The van der Waals surface area contributed by atoms with Crippen LogP contribution < -0.4 is 5.32 Å². The van der Waals surface area contributed by atoms with Gasteiger partial charge in [-0.3, -0.25) is 4.40 Å². The molecule has 122 valence electrons. The van der Waals surface area contributed by atoms with Gasteiger partial charge in [0.05, 0.1) is 6.26 Å². The number of nitrogens with one attached hydrogen (secondary N) is 1. The first-order chi connectivity index (χ1) is 12.3. The predicted octanol–water partition coefficient (Wildman–Crippen LogP) is 4.22. The van der Waals surface area contributed by atoms with Crippen molar-refractivity contribution in [1.29, 1.82) is 5.26 Å². The number of benzene rings is 1. The molecule has 0 radical (unpaired) electrons. The third-order valence-electron chi connectivity index (χ3n) is 3.94. The Morgan fingerprint density at radius 3 is 2.88 bits per heavy atom. The van der Waals surface area contributed by atoms with Gasteiger partial charge in [-0.05, 0) is 30.3 Å². The van der Waals surface area contributed by atoms with Crippen LogP contribution in [0, 0.1) is 17.1 Å². The highest BCUT2D eigenvalue weighted by Crippen LogP contribution is 2.23. The van der Waals surface area contributed by atoms with E-state index in [1.807, 2.05) is 18.2 Å². The minimum atomic E-state index is -0.344. The van der Waals surface area contributed by atoms with Crippen molar-refractivity contribution in [3.05, 3.63) is 78.1 Å². The van der Waals surface area contributed by atoms with E-state index in [9.17, 15) is 9.65 Å². The summed E-state index contributed by atoms with van der Waals surface area (Å²) in [6, 6.07) is 16.1. The number of furan rings is 1. The lowest BCUT2D eigenvalue weighted by molar-refractivity contribution is 0.579. The number of anilines is 1. The number of hydrogen-bond acceptors (Lipinski definition) is 4. The lowest BCUT2D eigenvalue weighted by Crippen LogP contribution is -2.04. The Morgan fingerprint density at radius 1 is 1.20 bits per heavy atom. The summed E-state index contributed by atoms with van der Waals surface area (Å²) in [7, 11) is 0. The van der Waals surface area contributed by atoms with Crippen molar-refractivity contribution < 1.29 is 8.81 Å². The van der Waals surface area contributed by atoms with Crippen LogP contribution in [0.4, 0.5) is 10.2 Å². The largest absolute Gasteiger partial charge is 0.464 e. The van der Waals surface area contributed by atoms with E-state index >= 15 is 0 Å². The molecule has 0 amide bonds. The van der Waals surface area contributed by atoms with E-state index < -0.39 is 0 Å². The van der Waals surface area contributed by atoms with E-state index in [-0.39, 0.29) is 12.4 Å². The average Bonchev–Trinajstić information content (AvgIpc) is 3.28. The Kier molecular flexibility index (Phi) is 3.67. The second-order valence-corrected chi connectivity index (χ2v) is 5.49. The van der Waals surface area contributed by atoms with Crippen LogP contribution in [0.3, 0.4) is 0 Å². The summed E-state index contributed by atoms with van der Waals surface area (Å²) in [4.78, 5) is 4.38. The molecular formula is C19H13FN4O. The summed E-state index contributed by atoms with van der Waals surface area (Å²) in [5, 5.41) is 12.4.